The number of halogens is 4. The predicted octanol–water partition coefficient (Wildman–Crippen LogP) is 5.39. The molecule has 3 aromatic rings. The predicted molar refractivity (Wildman–Crippen MR) is 135 cm³/mol. The highest BCUT2D eigenvalue weighted by molar-refractivity contribution is 6.37. The molecule has 0 saturated carbocycles. The van der Waals surface area contributed by atoms with E-state index < -0.39 is 23.1 Å². The standard InChI is InChI=1S/C27H22Cl2F2N2O4/c28-21-15(30)11-16-14(12-27(37-16,17-7-4-8-33-17)13-5-2-1-3-6-13)18(21)19-20(26(32)34)22(29)24-25(23(19)31)36-10-9-35-24/h1-3,5-6,11,17,33H,4,7-10,12H2,(H2,32,34)/t17?,27-/m0/s1. The van der Waals surface area contributed by atoms with Crippen LogP contribution >= 0.6 is 23.2 Å². The van der Waals surface area contributed by atoms with E-state index in [2.05, 4.69) is 5.32 Å². The van der Waals surface area contributed by atoms with E-state index in [4.69, 9.17) is 43.1 Å². The lowest BCUT2D eigenvalue weighted by Crippen LogP contribution is -2.48. The molecule has 3 heterocycles. The van der Waals surface area contributed by atoms with Crippen LogP contribution in [0.4, 0.5) is 8.78 Å². The highest BCUT2D eigenvalue weighted by Crippen LogP contribution is 2.55. The zero-order valence-electron chi connectivity index (χ0n) is 19.5. The van der Waals surface area contributed by atoms with Crippen molar-refractivity contribution in [1.82, 2.24) is 5.32 Å². The smallest absolute Gasteiger partial charge is 0.251 e. The van der Waals surface area contributed by atoms with Gasteiger partial charge in [-0.2, -0.15) is 0 Å². The number of primary amides is 1. The first-order valence-corrected chi connectivity index (χ1v) is 12.7. The van der Waals surface area contributed by atoms with Crippen LogP contribution in [0.2, 0.25) is 10.0 Å². The minimum Gasteiger partial charge on any atom is -0.484 e. The molecule has 1 saturated heterocycles. The van der Waals surface area contributed by atoms with Crippen LogP contribution in [-0.4, -0.2) is 31.7 Å². The summed E-state index contributed by atoms with van der Waals surface area (Å²) in [6.45, 7) is 0.985. The van der Waals surface area contributed by atoms with E-state index in [-0.39, 0.29) is 69.7 Å². The Balaban J connectivity index is 1.63. The number of nitrogens with two attached hydrogens (primary N) is 1. The van der Waals surface area contributed by atoms with Gasteiger partial charge in [-0.1, -0.05) is 53.5 Å². The minimum atomic E-state index is -1.02. The van der Waals surface area contributed by atoms with Gasteiger partial charge in [-0.05, 0) is 24.9 Å². The van der Waals surface area contributed by atoms with E-state index in [1.165, 1.54) is 6.07 Å². The second-order valence-corrected chi connectivity index (χ2v) is 10.1. The van der Waals surface area contributed by atoms with Crippen molar-refractivity contribution < 1.29 is 27.8 Å². The number of nitrogens with one attached hydrogen (secondary N) is 1. The number of hydrogen-bond acceptors (Lipinski definition) is 5. The fourth-order valence-electron chi connectivity index (χ4n) is 5.68. The number of carbonyl (C=O) groups is 1. The molecule has 192 valence electrons. The molecule has 0 aliphatic carbocycles. The van der Waals surface area contributed by atoms with Crippen LogP contribution in [0.3, 0.4) is 0 Å². The van der Waals surface area contributed by atoms with Crippen LogP contribution in [0.1, 0.15) is 34.3 Å². The quantitative estimate of drug-likeness (QED) is 0.458. The highest BCUT2D eigenvalue weighted by Gasteiger charge is 2.50. The Bertz CT molecular complexity index is 1430. The van der Waals surface area contributed by atoms with Gasteiger partial charge >= 0.3 is 0 Å². The average molecular weight is 547 g/mol. The zero-order chi connectivity index (χ0) is 25.9. The average Bonchev–Trinajstić information content (AvgIpc) is 3.57. The van der Waals surface area contributed by atoms with E-state index in [0.29, 0.717) is 5.56 Å². The van der Waals surface area contributed by atoms with E-state index >= 15 is 8.78 Å². The van der Waals surface area contributed by atoms with E-state index in [1.807, 2.05) is 30.3 Å². The fraction of sp³-hybridized carbons (Fsp3) is 0.296. The molecule has 0 radical (unpaired) electrons. The maximum atomic E-state index is 16.1. The molecular weight excluding hydrogens is 525 g/mol. The molecule has 1 fully saturated rings. The third-order valence-electron chi connectivity index (χ3n) is 7.27. The molecule has 37 heavy (non-hydrogen) atoms. The van der Waals surface area contributed by atoms with Crippen LogP contribution in [0, 0.1) is 11.6 Å². The molecule has 6 rings (SSSR count). The van der Waals surface area contributed by atoms with Crippen molar-refractivity contribution in [2.75, 3.05) is 19.8 Å². The SMILES string of the molecule is NC(=O)c1c(Cl)c2c(c(F)c1-c1c(Cl)c(F)cc3c1C[C@](c1ccccc1)(C1CCCN1)O3)OCCO2. The van der Waals surface area contributed by atoms with Gasteiger partial charge < -0.3 is 25.3 Å². The summed E-state index contributed by atoms with van der Waals surface area (Å²) in [5, 5.41) is 2.90. The van der Waals surface area contributed by atoms with E-state index in [1.54, 1.807) is 0 Å². The van der Waals surface area contributed by atoms with Crippen molar-refractivity contribution in [3.05, 3.63) is 74.8 Å². The Hall–Kier alpha value is -3.07. The summed E-state index contributed by atoms with van der Waals surface area (Å²) in [5.41, 5.74) is 5.33. The lowest BCUT2D eigenvalue weighted by Gasteiger charge is -2.35. The second-order valence-electron chi connectivity index (χ2n) is 9.30. The van der Waals surface area contributed by atoms with Crippen molar-refractivity contribution >= 4 is 29.1 Å². The molecule has 1 unspecified atom stereocenters. The van der Waals surface area contributed by atoms with Gasteiger partial charge in [0.25, 0.3) is 5.91 Å². The van der Waals surface area contributed by atoms with Crippen LogP contribution in [0.15, 0.2) is 36.4 Å². The van der Waals surface area contributed by atoms with Gasteiger partial charge in [-0.25, -0.2) is 8.78 Å². The molecule has 2 atom stereocenters. The summed E-state index contributed by atoms with van der Waals surface area (Å²) < 4.78 is 49.0. The summed E-state index contributed by atoms with van der Waals surface area (Å²) in [5.74, 6) is -3.02. The number of carbonyl (C=O) groups excluding carboxylic acids is 1. The Morgan fingerprint density at radius 1 is 1.05 bits per heavy atom. The molecule has 6 nitrogen and oxygen atoms in total. The van der Waals surface area contributed by atoms with Gasteiger partial charge in [-0.15, -0.1) is 0 Å². The van der Waals surface area contributed by atoms with Crippen molar-refractivity contribution in [2.24, 2.45) is 5.73 Å². The van der Waals surface area contributed by atoms with E-state index in [9.17, 15) is 4.79 Å². The van der Waals surface area contributed by atoms with Crippen LogP contribution in [0.5, 0.6) is 17.2 Å². The monoisotopic (exact) mass is 546 g/mol. The third-order valence-corrected chi connectivity index (χ3v) is 8.00. The van der Waals surface area contributed by atoms with Crippen LogP contribution in [-0.2, 0) is 12.0 Å². The van der Waals surface area contributed by atoms with Crippen molar-refractivity contribution in [2.45, 2.75) is 30.9 Å². The number of fused-ring (bicyclic) bond motifs is 2. The Kier molecular flexibility index (Phi) is 5.93. The second kappa shape index (κ2) is 9.04. The number of amides is 1. The number of rotatable bonds is 4. The third kappa shape index (κ3) is 3.65. The summed E-state index contributed by atoms with van der Waals surface area (Å²) in [6, 6.07) is 10.7. The van der Waals surface area contributed by atoms with Gasteiger partial charge in [0.1, 0.15) is 29.8 Å². The molecule has 1 amide bonds. The number of benzene rings is 3. The Morgan fingerprint density at radius 2 is 1.78 bits per heavy atom. The minimum absolute atomic E-state index is 0.0438. The van der Waals surface area contributed by atoms with Crippen molar-refractivity contribution in [3.63, 3.8) is 0 Å². The molecule has 3 N–H and O–H groups in total. The summed E-state index contributed by atoms with van der Waals surface area (Å²) in [6.07, 6.45) is 2.01. The number of ether oxygens (including phenoxy) is 3. The van der Waals surface area contributed by atoms with Crippen molar-refractivity contribution in [3.8, 4) is 28.4 Å². The maximum absolute atomic E-state index is 16.1. The number of hydrogen-bond donors (Lipinski definition) is 2. The first-order chi connectivity index (χ1) is 17.8. The molecule has 0 aromatic heterocycles. The van der Waals surface area contributed by atoms with Crippen molar-refractivity contribution in [1.29, 1.82) is 0 Å². The summed E-state index contributed by atoms with van der Waals surface area (Å²) in [4.78, 5) is 12.6. The van der Waals surface area contributed by atoms with Gasteiger partial charge in [0.05, 0.1) is 16.6 Å². The summed E-state index contributed by atoms with van der Waals surface area (Å²) in [7, 11) is 0. The lowest BCUT2D eigenvalue weighted by molar-refractivity contribution is 0.0539. The van der Waals surface area contributed by atoms with Crippen LogP contribution < -0.4 is 25.3 Å². The molecular formula is C27H22Cl2F2N2O4. The molecule has 10 heteroatoms. The van der Waals surface area contributed by atoms with Gasteiger partial charge in [0.15, 0.2) is 22.9 Å². The van der Waals surface area contributed by atoms with Crippen LogP contribution in [0.25, 0.3) is 11.1 Å². The molecule has 3 aromatic carbocycles. The molecule has 0 spiro atoms. The topological polar surface area (TPSA) is 82.8 Å². The largest absolute Gasteiger partial charge is 0.484 e. The zero-order valence-corrected chi connectivity index (χ0v) is 21.0. The Morgan fingerprint density at radius 3 is 2.46 bits per heavy atom. The highest BCUT2D eigenvalue weighted by atomic mass is 35.5. The maximum Gasteiger partial charge on any atom is 0.251 e. The molecule has 0 bridgehead atoms. The first kappa shape index (κ1) is 24.3. The molecule has 3 aliphatic rings. The normalized spacial score (nSPS) is 22.0. The molecule has 3 aliphatic heterocycles. The fourth-order valence-corrected chi connectivity index (χ4v) is 6.27. The van der Waals surface area contributed by atoms with Gasteiger partial charge in [0, 0.05) is 29.2 Å². The Labute approximate surface area is 221 Å². The first-order valence-electron chi connectivity index (χ1n) is 11.9. The van der Waals surface area contributed by atoms with Gasteiger partial charge in [0.2, 0.25) is 0 Å². The lowest BCUT2D eigenvalue weighted by atomic mass is 9.80. The van der Waals surface area contributed by atoms with E-state index in [0.717, 1.165) is 24.9 Å². The van der Waals surface area contributed by atoms with Gasteiger partial charge in [-0.3, -0.25) is 4.79 Å². The summed E-state index contributed by atoms with van der Waals surface area (Å²) >= 11 is 13.0.